The SMILES string of the molecule is CC(=O)c1cc(OCc2ccccc2)cc(N)c1OCc1ccccc1. The Morgan fingerprint density at radius 3 is 1.92 bits per heavy atom. The van der Waals surface area contributed by atoms with Crippen LogP contribution in [0.25, 0.3) is 0 Å². The van der Waals surface area contributed by atoms with Gasteiger partial charge >= 0.3 is 0 Å². The van der Waals surface area contributed by atoms with E-state index >= 15 is 0 Å². The molecule has 132 valence electrons. The summed E-state index contributed by atoms with van der Waals surface area (Å²) in [5.41, 5.74) is 8.99. The van der Waals surface area contributed by atoms with Gasteiger partial charge in [-0.15, -0.1) is 0 Å². The van der Waals surface area contributed by atoms with Crippen LogP contribution in [0.1, 0.15) is 28.4 Å². The number of benzene rings is 3. The molecule has 26 heavy (non-hydrogen) atoms. The Labute approximate surface area is 153 Å². The van der Waals surface area contributed by atoms with Crippen molar-refractivity contribution in [1.82, 2.24) is 0 Å². The molecule has 0 saturated heterocycles. The number of Topliss-reactive ketones (excluding diaryl/α,β-unsaturated/α-hetero) is 1. The Balaban J connectivity index is 1.78. The van der Waals surface area contributed by atoms with Gasteiger partial charge in [0.25, 0.3) is 0 Å². The molecule has 3 aromatic carbocycles. The minimum Gasteiger partial charge on any atom is -0.489 e. The fourth-order valence-electron chi connectivity index (χ4n) is 2.60. The summed E-state index contributed by atoms with van der Waals surface area (Å²) in [5, 5.41) is 0. The fourth-order valence-corrected chi connectivity index (χ4v) is 2.60. The van der Waals surface area contributed by atoms with Crippen molar-refractivity contribution in [2.24, 2.45) is 0 Å². The monoisotopic (exact) mass is 347 g/mol. The molecule has 0 aromatic heterocycles. The Morgan fingerprint density at radius 1 is 0.846 bits per heavy atom. The van der Waals surface area contributed by atoms with E-state index in [9.17, 15) is 4.79 Å². The third-order valence-electron chi connectivity index (χ3n) is 3.94. The summed E-state index contributed by atoms with van der Waals surface area (Å²) in [7, 11) is 0. The molecule has 0 fully saturated rings. The maximum atomic E-state index is 12.1. The molecule has 0 spiro atoms. The van der Waals surface area contributed by atoms with Crippen molar-refractivity contribution in [2.45, 2.75) is 20.1 Å². The number of nitrogen functional groups attached to an aromatic ring is 1. The molecule has 0 radical (unpaired) electrons. The van der Waals surface area contributed by atoms with Gasteiger partial charge in [0.15, 0.2) is 11.5 Å². The molecule has 2 N–H and O–H groups in total. The van der Waals surface area contributed by atoms with E-state index in [0.717, 1.165) is 11.1 Å². The van der Waals surface area contributed by atoms with Crippen LogP contribution in [0, 0.1) is 0 Å². The minimum atomic E-state index is -0.120. The highest BCUT2D eigenvalue weighted by Crippen LogP contribution is 2.33. The van der Waals surface area contributed by atoms with Crippen molar-refractivity contribution in [3.63, 3.8) is 0 Å². The number of ketones is 1. The molecule has 0 aliphatic heterocycles. The van der Waals surface area contributed by atoms with Crippen LogP contribution in [-0.2, 0) is 13.2 Å². The van der Waals surface area contributed by atoms with E-state index in [1.165, 1.54) is 6.92 Å². The van der Waals surface area contributed by atoms with Crippen LogP contribution in [0.2, 0.25) is 0 Å². The minimum absolute atomic E-state index is 0.120. The maximum Gasteiger partial charge on any atom is 0.163 e. The quantitative estimate of drug-likeness (QED) is 0.500. The van der Waals surface area contributed by atoms with E-state index in [0.29, 0.717) is 36.0 Å². The highest BCUT2D eigenvalue weighted by molar-refractivity contribution is 5.99. The number of hydrogen-bond donors (Lipinski definition) is 1. The second kappa shape index (κ2) is 8.21. The molecule has 3 rings (SSSR count). The lowest BCUT2D eigenvalue weighted by atomic mass is 10.1. The van der Waals surface area contributed by atoms with Crippen LogP contribution in [-0.4, -0.2) is 5.78 Å². The van der Waals surface area contributed by atoms with E-state index in [1.54, 1.807) is 12.1 Å². The second-order valence-corrected chi connectivity index (χ2v) is 5.99. The summed E-state index contributed by atoms with van der Waals surface area (Å²) < 4.78 is 11.6. The molecular weight excluding hydrogens is 326 g/mol. The van der Waals surface area contributed by atoms with Crippen molar-refractivity contribution in [3.8, 4) is 11.5 Å². The highest BCUT2D eigenvalue weighted by Gasteiger charge is 2.15. The zero-order valence-corrected chi connectivity index (χ0v) is 14.6. The molecule has 0 aliphatic carbocycles. The van der Waals surface area contributed by atoms with Crippen molar-refractivity contribution in [2.75, 3.05) is 5.73 Å². The molecule has 4 heteroatoms. The standard InChI is InChI=1S/C22H21NO3/c1-16(24)20-12-19(25-14-17-8-4-2-5-9-17)13-21(23)22(20)26-15-18-10-6-3-7-11-18/h2-13H,14-15,23H2,1H3. The summed E-state index contributed by atoms with van der Waals surface area (Å²) in [4.78, 5) is 12.1. The Kier molecular flexibility index (Phi) is 5.54. The molecule has 3 aromatic rings. The molecule has 0 atom stereocenters. The topological polar surface area (TPSA) is 61.5 Å². The van der Waals surface area contributed by atoms with Gasteiger partial charge in [-0.25, -0.2) is 0 Å². The number of carbonyl (C=O) groups is 1. The lowest BCUT2D eigenvalue weighted by Crippen LogP contribution is -2.06. The Hall–Kier alpha value is -3.27. The van der Waals surface area contributed by atoms with E-state index in [4.69, 9.17) is 15.2 Å². The number of hydrogen-bond acceptors (Lipinski definition) is 4. The van der Waals surface area contributed by atoms with E-state index in [1.807, 2.05) is 60.7 Å². The third kappa shape index (κ3) is 4.42. The first-order chi connectivity index (χ1) is 12.6. The van der Waals surface area contributed by atoms with Gasteiger partial charge < -0.3 is 15.2 Å². The number of ether oxygens (including phenoxy) is 2. The molecule has 4 nitrogen and oxygen atoms in total. The van der Waals surface area contributed by atoms with Crippen molar-refractivity contribution in [3.05, 3.63) is 89.5 Å². The van der Waals surface area contributed by atoms with E-state index in [2.05, 4.69) is 0 Å². The van der Waals surface area contributed by atoms with Gasteiger partial charge in [0.05, 0.1) is 11.3 Å². The normalized spacial score (nSPS) is 10.3. The van der Waals surface area contributed by atoms with Gasteiger partial charge in [-0.3, -0.25) is 4.79 Å². The smallest absolute Gasteiger partial charge is 0.163 e. The van der Waals surface area contributed by atoms with Crippen LogP contribution in [0.4, 0.5) is 5.69 Å². The summed E-state index contributed by atoms with van der Waals surface area (Å²) >= 11 is 0. The first kappa shape index (κ1) is 17.5. The molecular formula is C22H21NO3. The number of nitrogens with two attached hydrogens (primary N) is 1. The molecule has 0 aliphatic rings. The summed E-state index contributed by atoms with van der Waals surface area (Å²) in [6.07, 6.45) is 0. The van der Waals surface area contributed by atoms with Crippen LogP contribution < -0.4 is 15.2 Å². The average Bonchev–Trinajstić information content (AvgIpc) is 2.66. The van der Waals surface area contributed by atoms with Crippen LogP contribution in [0.15, 0.2) is 72.8 Å². The molecule has 0 saturated carbocycles. The van der Waals surface area contributed by atoms with Gasteiger partial charge in [-0.1, -0.05) is 60.7 Å². The first-order valence-electron chi connectivity index (χ1n) is 8.41. The van der Waals surface area contributed by atoms with Crippen LogP contribution in [0.3, 0.4) is 0 Å². The number of carbonyl (C=O) groups excluding carboxylic acids is 1. The second-order valence-electron chi connectivity index (χ2n) is 5.99. The van der Waals surface area contributed by atoms with Crippen molar-refractivity contribution >= 4 is 11.5 Å². The lowest BCUT2D eigenvalue weighted by Gasteiger charge is -2.15. The number of rotatable bonds is 7. The number of anilines is 1. The third-order valence-corrected chi connectivity index (χ3v) is 3.94. The van der Waals surface area contributed by atoms with Gasteiger partial charge in [0.2, 0.25) is 0 Å². The van der Waals surface area contributed by atoms with Gasteiger partial charge in [-0.05, 0) is 24.1 Å². The molecule has 0 heterocycles. The lowest BCUT2D eigenvalue weighted by molar-refractivity contribution is 0.101. The Morgan fingerprint density at radius 2 is 1.38 bits per heavy atom. The first-order valence-corrected chi connectivity index (χ1v) is 8.41. The summed E-state index contributed by atoms with van der Waals surface area (Å²) in [5.74, 6) is 0.821. The van der Waals surface area contributed by atoms with E-state index < -0.39 is 0 Å². The Bertz CT molecular complexity index is 877. The molecule has 0 amide bonds. The summed E-state index contributed by atoms with van der Waals surface area (Å²) in [6, 6.07) is 22.9. The highest BCUT2D eigenvalue weighted by atomic mass is 16.5. The maximum absolute atomic E-state index is 12.1. The largest absolute Gasteiger partial charge is 0.489 e. The zero-order chi connectivity index (χ0) is 18.4. The average molecular weight is 347 g/mol. The predicted octanol–water partition coefficient (Wildman–Crippen LogP) is 4.63. The zero-order valence-electron chi connectivity index (χ0n) is 14.6. The van der Waals surface area contributed by atoms with Crippen molar-refractivity contribution < 1.29 is 14.3 Å². The van der Waals surface area contributed by atoms with E-state index in [-0.39, 0.29) is 5.78 Å². The van der Waals surface area contributed by atoms with Crippen molar-refractivity contribution in [1.29, 1.82) is 0 Å². The van der Waals surface area contributed by atoms with Gasteiger partial charge in [0.1, 0.15) is 19.0 Å². The van der Waals surface area contributed by atoms with Gasteiger partial charge in [-0.2, -0.15) is 0 Å². The molecule has 0 unspecified atom stereocenters. The van der Waals surface area contributed by atoms with Crippen LogP contribution in [0.5, 0.6) is 11.5 Å². The molecule has 0 bridgehead atoms. The predicted molar refractivity (Wildman–Crippen MR) is 102 cm³/mol. The van der Waals surface area contributed by atoms with Crippen LogP contribution >= 0.6 is 0 Å². The summed E-state index contributed by atoms with van der Waals surface area (Å²) in [6.45, 7) is 2.24. The van der Waals surface area contributed by atoms with Gasteiger partial charge in [0, 0.05) is 6.07 Å². The fraction of sp³-hybridized carbons (Fsp3) is 0.136.